The largest absolute Gasteiger partial charge is 0.480 e. The van der Waals surface area contributed by atoms with Gasteiger partial charge in [-0.05, 0) is 18.6 Å². The summed E-state index contributed by atoms with van der Waals surface area (Å²) in [5.41, 5.74) is -0.964. The van der Waals surface area contributed by atoms with Gasteiger partial charge in [-0.3, -0.25) is 4.79 Å². The normalized spacial score (nSPS) is 28.4. The molecule has 1 aliphatic heterocycles. The quantitative estimate of drug-likeness (QED) is 0.678. The zero-order valence-corrected chi connectivity index (χ0v) is 11.9. The molecule has 1 aromatic rings. The van der Waals surface area contributed by atoms with E-state index in [9.17, 15) is 13.2 Å². The molecule has 0 radical (unpaired) electrons. The summed E-state index contributed by atoms with van der Waals surface area (Å²) < 4.78 is 25.6. The number of hydrogen-bond donors (Lipinski definition) is 1. The summed E-state index contributed by atoms with van der Waals surface area (Å²) >= 11 is 11.8. The van der Waals surface area contributed by atoms with Crippen molar-refractivity contribution in [2.75, 3.05) is 0 Å². The van der Waals surface area contributed by atoms with E-state index in [-0.39, 0.29) is 11.3 Å². The van der Waals surface area contributed by atoms with E-state index >= 15 is 0 Å². The fourth-order valence-electron chi connectivity index (χ4n) is 2.03. The Kier molecular flexibility index (Phi) is 4.06. The van der Waals surface area contributed by atoms with Crippen molar-refractivity contribution < 1.29 is 18.3 Å². The minimum Gasteiger partial charge on any atom is -0.480 e. The molecule has 1 aromatic carbocycles. The molecule has 0 spiro atoms. The predicted octanol–water partition coefficient (Wildman–Crippen LogP) is 1.71. The highest BCUT2D eigenvalue weighted by atomic mass is 35.5. The molecule has 1 saturated heterocycles. The van der Waals surface area contributed by atoms with Crippen LogP contribution < -0.4 is 0 Å². The third kappa shape index (κ3) is 2.58. The van der Waals surface area contributed by atoms with Gasteiger partial charge in [-0.25, -0.2) is 8.42 Å². The van der Waals surface area contributed by atoms with Crippen LogP contribution in [0.5, 0.6) is 0 Å². The molecule has 19 heavy (non-hydrogen) atoms. The van der Waals surface area contributed by atoms with Crippen molar-refractivity contribution >= 4 is 39.2 Å². The Labute approximate surface area is 120 Å². The fraction of sp³-hybridized carbons (Fsp3) is 0.364. The number of hydrogen-bond acceptors (Lipinski definition) is 3. The molecule has 1 aliphatic rings. The molecule has 0 amide bonds. The molecule has 1 N–H and O–H groups in total. The molecule has 0 aliphatic carbocycles. The van der Waals surface area contributed by atoms with Crippen molar-refractivity contribution in [1.82, 2.24) is 4.31 Å². The first-order chi connectivity index (χ1) is 8.85. The van der Waals surface area contributed by atoms with E-state index in [1.807, 2.05) is 0 Å². The van der Waals surface area contributed by atoms with Crippen molar-refractivity contribution in [3.63, 3.8) is 0 Å². The molecular formula is C11H11Cl2NO4S. The summed E-state index contributed by atoms with van der Waals surface area (Å²) in [6.07, 6.45) is 0.0894. The molecule has 1 fully saturated rings. The first kappa shape index (κ1) is 14.6. The van der Waals surface area contributed by atoms with Gasteiger partial charge in [0.05, 0.1) is 10.3 Å². The Morgan fingerprint density at radius 2 is 1.84 bits per heavy atom. The lowest BCUT2D eigenvalue weighted by Crippen LogP contribution is -2.45. The second-order valence-electron chi connectivity index (χ2n) is 4.12. The predicted molar refractivity (Wildman–Crippen MR) is 70.8 cm³/mol. The number of alkyl halides is 2. The van der Waals surface area contributed by atoms with Gasteiger partial charge in [0.25, 0.3) is 0 Å². The summed E-state index contributed by atoms with van der Waals surface area (Å²) in [5.74, 6) is -1.30. The number of rotatable bonds is 3. The van der Waals surface area contributed by atoms with Crippen molar-refractivity contribution in [3.8, 4) is 0 Å². The molecule has 0 bridgehead atoms. The Bertz CT molecular complexity index is 578. The highest BCUT2D eigenvalue weighted by molar-refractivity contribution is 7.89. The summed E-state index contributed by atoms with van der Waals surface area (Å²) in [6, 6.07) is 6.20. The number of carboxylic acids is 1. The summed E-state index contributed by atoms with van der Waals surface area (Å²) in [5, 5.41) is 8.28. The van der Waals surface area contributed by atoms with Gasteiger partial charge in [0.1, 0.15) is 11.5 Å². The average molecular weight is 324 g/mol. The second-order valence-corrected chi connectivity index (χ2v) is 7.02. The zero-order chi connectivity index (χ0) is 14.2. The number of carbonyl (C=O) groups is 1. The SMILES string of the molecule is O=C(O)[C@@H]1C(Cl)CC(Cl)N1S(=O)(=O)c1ccccc1. The molecular weight excluding hydrogens is 313 g/mol. The molecule has 0 saturated carbocycles. The lowest BCUT2D eigenvalue weighted by Gasteiger charge is -2.24. The van der Waals surface area contributed by atoms with Gasteiger partial charge in [0.2, 0.25) is 10.0 Å². The molecule has 5 nitrogen and oxygen atoms in total. The minimum absolute atomic E-state index is 0.00216. The molecule has 1 heterocycles. The van der Waals surface area contributed by atoms with E-state index in [1.54, 1.807) is 18.2 Å². The smallest absolute Gasteiger partial charge is 0.323 e. The van der Waals surface area contributed by atoms with Gasteiger partial charge in [-0.2, -0.15) is 4.31 Å². The van der Waals surface area contributed by atoms with Crippen LogP contribution in [0.25, 0.3) is 0 Å². The van der Waals surface area contributed by atoms with Crippen molar-refractivity contribution in [2.24, 2.45) is 0 Å². The Balaban J connectivity index is 2.47. The maximum Gasteiger partial charge on any atom is 0.323 e. The van der Waals surface area contributed by atoms with Crippen LogP contribution in [0.15, 0.2) is 35.2 Å². The number of halogens is 2. The van der Waals surface area contributed by atoms with Crippen molar-refractivity contribution in [1.29, 1.82) is 0 Å². The van der Waals surface area contributed by atoms with Crippen LogP contribution in [-0.4, -0.2) is 40.7 Å². The van der Waals surface area contributed by atoms with Crippen LogP contribution in [0, 0.1) is 0 Å². The third-order valence-electron chi connectivity index (χ3n) is 2.88. The van der Waals surface area contributed by atoms with Crippen LogP contribution in [0.1, 0.15) is 6.42 Å². The van der Waals surface area contributed by atoms with Gasteiger partial charge < -0.3 is 5.11 Å². The van der Waals surface area contributed by atoms with Crippen molar-refractivity contribution in [3.05, 3.63) is 30.3 Å². The van der Waals surface area contributed by atoms with Crippen LogP contribution in [0.3, 0.4) is 0 Å². The lowest BCUT2D eigenvalue weighted by atomic mass is 10.2. The van der Waals surface area contributed by atoms with Gasteiger partial charge in [-0.15, -0.1) is 23.2 Å². The minimum atomic E-state index is -3.98. The monoisotopic (exact) mass is 323 g/mol. The fourth-order valence-corrected chi connectivity index (χ4v) is 4.88. The first-order valence-corrected chi connectivity index (χ1v) is 7.76. The van der Waals surface area contributed by atoms with Crippen LogP contribution >= 0.6 is 23.2 Å². The Hall–Kier alpha value is -0.820. The third-order valence-corrected chi connectivity index (χ3v) is 5.71. The summed E-state index contributed by atoms with van der Waals surface area (Å²) in [7, 11) is -3.98. The van der Waals surface area contributed by atoms with E-state index in [2.05, 4.69) is 0 Å². The molecule has 3 atom stereocenters. The van der Waals surface area contributed by atoms with Crippen LogP contribution in [0.4, 0.5) is 0 Å². The van der Waals surface area contributed by atoms with Gasteiger partial charge >= 0.3 is 5.97 Å². The zero-order valence-electron chi connectivity index (χ0n) is 9.61. The molecule has 8 heteroatoms. The molecule has 104 valence electrons. The van der Waals surface area contributed by atoms with E-state index in [0.717, 1.165) is 4.31 Å². The van der Waals surface area contributed by atoms with Gasteiger partial charge in [-0.1, -0.05) is 18.2 Å². The first-order valence-electron chi connectivity index (χ1n) is 5.45. The second kappa shape index (κ2) is 5.28. The number of nitrogens with zero attached hydrogens (tertiary/aromatic N) is 1. The number of benzene rings is 1. The highest BCUT2D eigenvalue weighted by Gasteiger charge is 2.50. The number of sulfonamides is 1. The number of carboxylic acid groups (broad SMARTS) is 1. The maximum absolute atomic E-state index is 12.4. The molecule has 2 rings (SSSR count). The topological polar surface area (TPSA) is 74.7 Å². The molecule has 0 aromatic heterocycles. The van der Waals surface area contributed by atoms with Crippen LogP contribution in [-0.2, 0) is 14.8 Å². The Morgan fingerprint density at radius 1 is 1.26 bits per heavy atom. The van der Waals surface area contributed by atoms with E-state index < -0.39 is 32.9 Å². The van der Waals surface area contributed by atoms with E-state index in [1.165, 1.54) is 12.1 Å². The average Bonchev–Trinajstić information content (AvgIpc) is 2.66. The standard InChI is InChI=1S/C11H11Cl2NO4S/c12-8-6-9(13)14(10(8)11(15)16)19(17,18)7-4-2-1-3-5-7/h1-5,8-10H,6H2,(H,15,16)/t8?,9?,10-/m0/s1. The van der Waals surface area contributed by atoms with Gasteiger partial charge in [0.15, 0.2) is 0 Å². The molecule has 2 unspecified atom stereocenters. The van der Waals surface area contributed by atoms with E-state index in [0.29, 0.717) is 0 Å². The lowest BCUT2D eigenvalue weighted by molar-refractivity contribution is -0.140. The van der Waals surface area contributed by atoms with E-state index in [4.69, 9.17) is 28.3 Å². The maximum atomic E-state index is 12.4. The highest BCUT2D eigenvalue weighted by Crippen LogP contribution is 2.36. The summed E-state index contributed by atoms with van der Waals surface area (Å²) in [4.78, 5) is 11.2. The Morgan fingerprint density at radius 3 is 2.37 bits per heavy atom. The summed E-state index contributed by atoms with van der Waals surface area (Å²) in [6.45, 7) is 0. The van der Waals surface area contributed by atoms with Gasteiger partial charge in [0, 0.05) is 0 Å². The van der Waals surface area contributed by atoms with Crippen molar-refractivity contribution in [2.45, 2.75) is 28.2 Å². The number of aliphatic carboxylic acids is 1. The van der Waals surface area contributed by atoms with Crippen LogP contribution in [0.2, 0.25) is 0 Å².